The number of rotatable bonds is 4. The first-order valence-electron chi connectivity index (χ1n) is 8.45. The van der Waals surface area contributed by atoms with Crippen LogP contribution in [0.2, 0.25) is 5.02 Å². The molecule has 1 amide bonds. The van der Waals surface area contributed by atoms with Gasteiger partial charge in [-0.1, -0.05) is 41.1 Å². The van der Waals surface area contributed by atoms with E-state index in [-0.39, 0.29) is 12.3 Å². The minimum atomic E-state index is -0.0876. The molecular formula is C19H18ClN3O2S. The summed E-state index contributed by atoms with van der Waals surface area (Å²) in [7, 11) is 0. The zero-order valence-electron chi connectivity index (χ0n) is 14.1. The van der Waals surface area contributed by atoms with E-state index < -0.39 is 0 Å². The Morgan fingerprint density at radius 2 is 2.04 bits per heavy atom. The molecule has 0 atom stereocenters. The maximum Gasteiger partial charge on any atom is 0.228 e. The molecule has 2 aromatic carbocycles. The Morgan fingerprint density at radius 1 is 1.23 bits per heavy atom. The summed E-state index contributed by atoms with van der Waals surface area (Å²) in [5, 5.41) is 4.56. The monoisotopic (exact) mass is 387 g/mol. The molecule has 1 N–H and O–H groups in total. The van der Waals surface area contributed by atoms with E-state index in [1.807, 2.05) is 36.4 Å². The largest absolute Gasteiger partial charge is 0.378 e. The van der Waals surface area contributed by atoms with Crippen molar-refractivity contribution < 1.29 is 9.53 Å². The van der Waals surface area contributed by atoms with Gasteiger partial charge in [-0.25, -0.2) is 4.98 Å². The van der Waals surface area contributed by atoms with Gasteiger partial charge in [-0.05, 0) is 29.8 Å². The van der Waals surface area contributed by atoms with E-state index in [0.29, 0.717) is 5.02 Å². The number of nitrogens with zero attached hydrogens (tertiary/aromatic N) is 2. The van der Waals surface area contributed by atoms with E-state index >= 15 is 0 Å². The van der Waals surface area contributed by atoms with Crippen LogP contribution in [0.4, 0.5) is 10.8 Å². The number of thiazole rings is 1. The number of amides is 1. The van der Waals surface area contributed by atoms with Crippen LogP contribution in [0.3, 0.4) is 0 Å². The number of fused-ring (bicyclic) bond motifs is 1. The van der Waals surface area contributed by atoms with Gasteiger partial charge in [-0.15, -0.1) is 0 Å². The Labute approximate surface area is 160 Å². The SMILES string of the molecule is O=C(Cc1ccccc1Cl)Nc1ccc2nc(N3CCOCC3)sc2c1. The van der Waals surface area contributed by atoms with Crippen LogP contribution in [0, 0.1) is 0 Å². The van der Waals surface area contributed by atoms with Crippen molar-refractivity contribution in [3.63, 3.8) is 0 Å². The van der Waals surface area contributed by atoms with Crippen LogP contribution in [-0.2, 0) is 16.0 Å². The number of morpholine rings is 1. The van der Waals surface area contributed by atoms with Gasteiger partial charge in [0.1, 0.15) is 0 Å². The number of halogens is 1. The van der Waals surface area contributed by atoms with Gasteiger partial charge in [0.05, 0.1) is 29.9 Å². The predicted octanol–water partition coefficient (Wildman–Crippen LogP) is 3.97. The maximum atomic E-state index is 12.3. The Morgan fingerprint density at radius 3 is 2.85 bits per heavy atom. The third-order valence-corrected chi connectivity index (χ3v) is 5.70. The van der Waals surface area contributed by atoms with E-state index in [0.717, 1.165) is 52.9 Å². The van der Waals surface area contributed by atoms with Gasteiger partial charge in [0.15, 0.2) is 5.13 Å². The highest BCUT2D eigenvalue weighted by Gasteiger charge is 2.16. The van der Waals surface area contributed by atoms with Crippen LogP contribution in [-0.4, -0.2) is 37.2 Å². The molecule has 0 unspecified atom stereocenters. The first-order chi connectivity index (χ1) is 12.7. The quantitative estimate of drug-likeness (QED) is 0.736. The van der Waals surface area contributed by atoms with Crippen LogP contribution in [0.25, 0.3) is 10.2 Å². The summed E-state index contributed by atoms with van der Waals surface area (Å²) in [5.74, 6) is -0.0876. The van der Waals surface area contributed by atoms with E-state index in [1.54, 1.807) is 17.4 Å². The van der Waals surface area contributed by atoms with Crippen molar-refractivity contribution in [3.05, 3.63) is 53.1 Å². The fourth-order valence-electron chi connectivity index (χ4n) is 2.90. The molecule has 0 radical (unpaired) electrons. The highest BCUT2D eigenvalue weighted by Crippen LogP contribution is 2.31. The van der Waals surface area contributed by atoms with Crippen molar-refractivity contribution in [1.82, 2.24) is 4.98 Å². The highest BCUT2D eigenvalue weighted by atomic mass is 35.5. The number of aromatic nitrogens is 1. The smallest absolute Gasteiger partial charge is 0.228 e. The van der Waals surface area contributed by atoms with Gasteiger partial charge in [0.25, 0.3) is 0 Å². The van der Waals surface area contributed by atoms with Gasteiger partial charge in [-0.2, -0.15) is 0 Å². The molecule has 134 valence electrons. The molecule has 4 rings (SSSR count). The summed E-state index contributed by atoms with van der Waals surface area (Å²) >= 11 is 7.76. The molecule has 1 aliphatic rings. The number of hydrogen-bond acceptors (Lipinski definition) is 5. The first kappa shape index (κ1) is 17.3. The first-order valence-corrected chi connectivity index (χ1v) is 9.65. The third kappa shape index (κ3) is 3.82. The Kier molecular flexibility index (Phi) is 5.06. The topological polar surface area (TPSA) is 54.5 Å². The summed E-state index contributed by atoms with van der Waals surface area (Å²) in [4.78, 5) is 19.3. The molecule has 5 nitrogen and oxygen atoms in total. The lowest BCUT2D eigenvalue weighted by atomic mass is 10.1. The summed E-state index contributed by atoms with van der Waals surface area (Å²) in [6.45, 7) is 3.20. The number of carbonyl (C=O) groups is 1. The molecule has 0 bridgehead atoms. The van der Waals surface area contributed by atoms with Crippen LogP contribution < -0.4 is 10.2 Å². The van der Waals surface area contributed by atoms with Gasteiger partial charge < -0.3 is 15.0 Å². The molecule has 0 saturated carbocycles. The standard InChI is InChI=1S/C19H18ClN3O2S/c20-15-4-2-1-3-13(15)11-18(24)21-14-5-6-16-17(12-14)26-19(22-16)23-7-9-25-10-8-23/h1-6,12H,7-11H2,(H,21,24). The third-order valence-electron chi connectivity index (χ3n) is 4.25. The predicted molar refractivity (Wildman–Crippen MR) is 106 cm³/mol. The van der Waals surface area contributed by atoms with Crippen molar-refractivity contribution in [2.45, 2.75) is 6.42 Å². The Bertz CT molecular complexity index is 937. The Hall–Kier alpha value is -2.15. The molecule has 0 spiro atoms. The minimum absolute atomic E-state index is 0.0876. The Balaban J connectivity index is 1.48. The molecule has 0 aliphatic carbocycles. The van der Waals surface area contributed by atoms with E-state index in [4.69, 9.17) is 21.3 Å². The summed E-state index contributed by atoms with van der Waals surface area (Å²) in [6.07, 6.45) is 0.249. The zero-order valence-corrected chi connectivity index (χ0v) is 15.6. The van der Waals surface area contributed by atoms with Crippen LogP contribution in [0.5, 0.6) is 0 Å². The molecule has 1 aliphatic heterocycles. The van der Waals surface area contributed by atoms with Crippen LogP contribution in [0.1, 0.15) is 5.56 Å². The molecule has 1 aromatic heterocycles. The van der Waals surface area contributed by atoms with E-state index in [9.17, 15) is 4.79 Å². The number of anilines is 2. The second-order valence-corrected chi connectivity index (χ2v) is 7.51. The fraction of sp³-hybridized carbons (Fsp3) is 0.263. The number of nitrogens with one attached hydrogen (secondary N) is 1. The normalized spacial score (nSPS) is 14.6. The number of benzene rings is 2. The number of hydrogen-bond donors (Lipinski definition) is 1. The lowest BCUT2D eigenvalue weighted by Gasteiger charge is -2.25. The molecule has 3 aromatic rings. The lowest BCUT2D eigenvalue weighted by molar-refractivity contribution is -0.115. The second-order valence-electron chi connectivity index (χ2n) is 6.09. The molecule has 1 saturated heterocycles. The van der Waals surface area contributed by atoms with Crippen molar-refractivity contribution in [2.24, 2.45) is 0 Å². The molecule has 2 heterocycles. The second kappa shape index (κ2) is 7.61. The fourth-order valence-corrected chi connectivity index (χ4v) is 4.16. The minimum Gasteiger partial charge on any atom is -0.378 e. The van der Waals surface area contributed by atoms with Crippen molar-refractivity contribution >= 4 is 49.9 Å². The molecule has 26 heavy (non-hydrogen) atoms. The van der Waals surface area contributed by atoms with Gasteiger partial charge >= 0.3 is 0 Å². The lowest BCUT2D eigenvalue weighted by Crippen LogP contribution is -2.36. The molecule has 1 fully saturated rings. The average Bonchev–Trinajstić information content (AvgIpc) is 3.08. The van der Waals surface area contributed by atoms with Crippen LogP contribution in [0.15, 0.2) is 42.5 Å². The van der Waals surface area contributed by atoms with Crippen LogP contribution >= 0.6 is 22.9 Å². The summed E-state index contributed by atoms with van der Waals surface area (Å²) < 4.78 is 6.45. The van der Waals surface area contributed by atoms with Gasteiger partial charge in [0, 0.05) is 23.8 Å². The van der Waals surface area contributed by atoms with E-state index in [1.165, 1.54) is 0 Å². The average molecular weight is 388 g/mol. The number of ether oxygens (including phenoxy) is 1. The highest BCUT2D eigenvalue weighted by molar-refractivity contribution is 7.22. The number of carbonyl (C=O) groups excluding carboxylic acids is 1. The molecular weight excluding hydrogens is 370 g/mol. The van der Waals surface area contributed by atoms with Crippen molar-refractivity contribution in [3.8, 4) is 0 Å². The van der Waals surface area contributed by atoms with Gasteiger partial charge in [-0.3, -0.25) is 4.79 Å². The maximum absolute atomic E-state index is 12.3. The van der Waals surface area contributed by atoms with Crippen molar-refractivity contribution in [2.75, 3.05) is 36.5 Å². The van der Waals surface area contributed by atoms with E-state index in [2.05, 4.69) is 10.2 Å². The van der Waals surface area contributed by atoms with Gasteiger partial charge in [0.2, 0.25) is 5.91 Å². The summed E-state index contributed by atoms with van der Waals surface area (Å²) in [5.41, 5.74) is 2.53. The zero-order chi connectivity index (χ0) is 17.9. The van der Waals surface area contributed by atoms with Crippen molar-refractivity contribution in [1.29, 1.82) is 0 Å². The summed E-state index contributed by atoms with van der Waals surface area (Å²) in [6, 6.07) is 13.2. The molecule has 7 heteroatoms.